The number of fused-ring (bicyclic) bond motifs is 1. The molecule has 0 fully saturated rings. The maximum absolute atomic E-state index is 4.67. The van der Waals surface area contributed by atoms with Crippen molar-refractivity contribution in [2.75, 3.05) is 0 Å². The summed E-state index contributed by atoms with van der Waals surface area (Å²) in [6.07, 6.45) is 3.18. The van der Waals surface area contributed by atoms with Crippen LogP contribution in [-0.2, 0) is 18.3 Å². The van der Waals surface area contributed by atoms with Gasteiger partial charge in [-0.15, -0.1) is 0 Å². The predicted molar refractivity (Wildman–Crippen MR) is 101 cm³/mol. The summed E-state index contributed by atoms with van der Waals surface area (Å²) >= 11 is 0. The van der Waals surface area contributed by atoms with Crippen molar-refractivity contribution in [3.63, 3.8) is 0 Å². The van der Waals surface area contributed by atoms with Crippen LogP contribution in [0.4, 0.5) is 0 Å². The molecule has 2 aromatic carbocycles. The Hall–Kier alpha value is -2.22. The van der Waals surface area contributed by atoms with Gasteiger partial charge in [0.05, 0.1) is 11.2 Å². The van der Waals surface area contributed by atoms with Crippen molar-refractivity contribution in [2.45, 2.75) is 52.4 Å². The number of aromatic nitrogens is 2. The van der Waals surface area contributed by atoms with Crippen molar-refractivity contribution < 1.29 is 0 Å². The van der Waals surface area contributed by atoms with Gasteiger partial charge in [0, 0.05) is 5.39 Å². The highest BCUT2D eigenvalue weighted by molar-refractivity contribution is 5.80. The standard InChI is InChI=1S/C22H26N2/c1-16-23-20-10-6-5-9-19(20)21(24-16)11-7-8-17-12-14-18(15-13-17)22(2,3)4/h5-6,9-10,12-15H,7-8,11H2,1-4H3. The molecule has 124 valence electrons. The number of aryl methyl sites for hydroxylation is 3. The average Bonchev–Trinajstić information content (AvgIpc) is 2.54. The van der Waals surface area contributed by atoms with Gasteiger partial charge in [0.2, 0.25) is 0 Å². The van der Waals surface area contributed by atoms with Crippen molar-refractivity contribution >= 4 is 10.9 Å². The first kappa shape index (κ1) is 16.6. The summed E-state index contributed by atoms with van der Waals surface area (Å²) < 4.78 is 0. The monoisotopic (exact) mass is 318 g/mol. The minimum absolute atomic E-state index is 0.218. The highest BCUT2D eigenvalue weighted by atomic mass is 14.9. The number of hydrogen-bond acceptors (Lipinski definition) is 2. The Kier molecular flexibility index (Phi) is 4.66. The molecule has 3 aromatic rings. The first-order valence-electron chi connectivity index (χ1n) is 8.75. The molecule has 0 saturated heterocycles. The lowest BCUT2D eigenvalue weighted by Crippen LogP contribution is -2.10. The van der Waals surface area contributed by atoms with Crippen LogP contribution in [0.25, 0.3) is 10.9 Å². The van der Waals surface area contributed by atoms with Gasteiger partial charge in [-0.25, -0.2) is 9.97 Å². The molecule has 1 heterocycles. The van der Waals surface area contributed by atoms with E-state index >= 15 is 0 Å². The normalized spacial score (nSPS) is 11.8. The second kappa shape index (κ2) is 6.72. The fourth-order valence-electron chi connectivity index (χ4n) is 3.09. The van der Waals surface area contributed by atoms with Crippen LogP contribution in [-0.4, -0.2) is 9.97 Å². The molecular weight excluding hydrogens is 292 g/mol. The first-order chi connectivity index (χ1) is 11.4. The van der Waals surface area contributed by atoms with Gasteiger partial charge in [-0.05, 0) is 48.8 Å². The third kappa shape index (κ3) is 3.81. The lowest BCUT2D eigenvalue weighted by atomic mass is 9.86. The molecule has 0 aliphatic carbocycles. The van der Waals surface area contributed by atoms with Crippen molar-refractivity contribution in [1.29, 1.82) is 0 Å². The van der Waals surface area contributed by atoms with E-state index in [-0.39, 0.29) is 5.41 Å². The Morgan fingerprint density at radius 1 is 0.833 bits per heavy atom. The maximum atomic E-state index is 4.67. The number of rotatable bonds is 4. The summed E-state index contributed by atoms with van der Waals surface area (Å²) in [5.41, 5.74) is 5.23. The van der Waals surface area contributed by atoms with Crippen LogP contribution < -0.4 is 0 Å². The van der Waals surface area contributed by atoms with Crippen LogP contribution in [0.1, 0.15) is 49.8 Å². The fraction of sp³-hybridized carbons (Fsp3) is 0.364. The molecule has 0 radical (unpaired) electrons. The molecule has 2 nitrogen and oxygen atoms in total. The van der Waals surface area contributed by atoms with Crippen LogP contribution in [0.5, 0.6) is 0 Å². The number of benzene rings is 2. The Bertz CT molecular complexity index is 827. The van der Waals surface area contributed by atoms with E-state index in [1.54, 1.807) is 0 Å². The van der Waals surface area contributed by atoms with E-state index in [2.05, 4.69) is 73.2 Å². The van der Waals surface area contributed by atoms with Crippen LogP contribution in [0.3, 0.4) is 0 Å². The molecule has 0 amide bonds. The van der Waals surface area contributed by atoms with Crippen LogP contribution in [0, 0.1) is 6.92 Å². The Morgan fingerprint density at radius 2 is 1.54 bits per heavy atom. The molecule has 0 saturated carbocycles. The van der Waals surface area contributed by atoms with Gasteiger partial charge in [-0.3, -0.25) is 0 Å². The largest absolute Gasteiger partial charge is 0.238 e. The lowest BCUT2D eigenvalue weighted by molar-refractivity contribution is 0.590. The molecule has 24 heavy (non-hydrogen) atoms. The number of nitrogens with zero attached hydrogens (tertiary/aromatic N) is 2. The van der Waals surface area contributed by atoms with E-state index in [9.17, 15) is 0 Å². The summed E-state index contributed by atoms with van der Waals surface area (Å²) in [6.45, 7) is 8.74. The molecule has 0 aliphatic rings. The van der Waals surface area contributed by atoms with E-state index in [0.717, 1.165) is 30.6 Å². The molecular formula is C22H26N2. The van der Waals surface area contributed by atoms with Gasteiger partial charge in [-0.1, -0.05) is 63.2 Å². The summed E-state index contributed by atoms with van der Waals surface area (Å²) in [7, 11) is 0. The van der Waals surface area contributed by atoms with Crippen molar-refractivity contribution in [1.82, 2.24) is 9.97 Å². The van der Waals surface area contributed by atoms with Gasteiger partial charge in [0.1, 0.15) is 5.82 Å². The molecule has 3 rings (SSSR count). The van der Waals surface area contributed by atoms with E-state index in [4.69, 9.17) is 0 Å². The Morgan fingerprint density at radius 3 is 2.25 bits per heavy atom. The molecule has 0 spiro atoms. The van der Waals surface area contributed by atoms with E-state index in [1.807, 2.05) is 13.0 Å². The van der Waals surface area contributed by atoms with Crippen LogP contribution in [0.15, 0.2) is 48.5 Å². The fourth-order valence-corrected chi connectivity index (χ4v) is 3.09. The molecule has 0 atom stereocenters. The van der Waals surface area contributed by atoms with E-state index in [1.165, 1.54) is 22.2 Å². The minimum atomic E-state index is 0.218. The van der Waals surface area contributed by atoms with Crippen LogP contribution in [0.2, 0.25) is 0 Å². The molecule has 0 bridgehead atoms. The van der Waals surface area contributed by atoms with Crippen molar-refractivity contribution in [2.24, 2.45) is 0 Å². The molecule has 0 aliphatic heterocycles. The first-order valence-corrected chi connectivity index (χ1v) is 8.75. The zero-order chi connectivity index (χ0) is 17.2. The quantitative estimate of drug-likeness (QED) is 0.642. The average molecular weight is 318 g/mol. The highest BCUT2D eigenvalue weighted by Gasteiger charge is 2.12. The van der Waals surface area contributed by atoms with E-state index < -0.39 is 0 Å². The summed E-state index contributed by atoms with van der Waals surface area (Å²) in [6, 6.07) is 17.4. The summed E-state index contributed by atoms with van der Waals surface area (Å²) in [5, 5.41) is 1.19. The molecule has 0 N–H and O–H groups in total. The SMILES string of the molecule is Cc1nc(CCCc2ccc(C(C)(C)C)cc2)c2ccccc2n1. The number of para-hydroxylation sites is 1. The van der Waals surface area contributed by atoms with Crippen molar-refractivity contribution in [3.8, 4) is 0 Å². The molecule has 0 unspecified atom stereocenters. The van der Waals surface area contributed by atoms with Crippen molar-refractivity contribution in [3.05, 3.63) is 71.2 Å². The lowest BCUT2D eigenvalue weighted by Gasteiger charge is -2.19. The highest BCUT2D eigenvalue weighted by Crippen LogP contribution is 2.23. The smallest absolute Gasteiger partial charge is 0.126 e. The minimum Gasteiger partial charge on any atom is -0.238 e. The summed E-state index contributed by atoms with van der Waals surface area (Å²) in [5.74, 6) is 0.859. The van der Waals surface area contributed by atoms with Gasteiger partial charge in [0.15, 0.2) is 0 Å². The van der Waals surface area contributed by atoms with Gasteiger partial charge in [-0.2, -0.15) is 0 Å². The topological polar surface area (TPSA) is 25.8 Å². The number of hydrogen-bond donors (Lipinski definition) is 0. The third-order valence-corrected chi connectivity index (χ3v) is 4.49. The maximum Gasteiger partial charge on any atom is 0.126 e. The predicted octanol–water partition coefficient (Wildman–Crippen LogP) is 5.41. The third-order valence-electron chi connectivity index (χ3n) is 4.49. The van der Waals surface area contributed by atoms with Gasteiger partial charge < -0.3 is 0 Å². The van der Waals surface area contributed by atoms with Crippen LogP contribution >= 0.6 is 0 Å². The zero-order valence-corrected chi connectivity index (χ0v) is 15.1. The zero-order valence-electron chi connectivity index (χ0n) is 15.1. The second-order valence-corrected chi connectivity index (χ2v) is 7.54. The Balaban J connectivity index is 1.69. The van der Waals surface area contributed by atoms with Gasteiger partial charge >= 0.3 is 0 Å². The summed E-state index contributed by atoms with van der Waals surface area (Å²) in [4.78, 5) is 9.19. The Labute approximate surface area is 145 Å². The molecule has 2 heteroatoms. The van der Waals surface area contributed by atoms with Gasteiger partial charge in [0.25, 0.3) is 0 Å². The van der Waals surface area contributed by atoms with E-state index in [0.29, 0.717) is 0 Å². The molecule has 1 aromatic heterocycles. The second-order valence-electron chi connectivity index (χ2n) is 7.54.